The van der Waals surface area contributed by atoms with Crippen molar-refractivity contribution in [1.29, 1.82) is 0 Å². The molecular formula is C18H24N6O. The Hall–Kier alpha value is -2.70. The summed E-state index contributed by atoms with van der Waals surface area (Å²) in [7, 11) is 0. The second-order valence-corrected chi connectivity index (χ2v) is 6.50. The maximum absolute atomic E-state index is 11.4. The second kappa shape index (κ2) is 7.46. The zero-order chi connectivity index (χ0) is 17.8. The van der Waals surface area contributed by atoms with Crippen LogP contribution >= 0.6 is 0 Å². The fourth-order valence-electron chi connectivity index (χ4n) is 2.99. The number of carbonyl (C=O) groups excluding carboxylic acids is 1. The van der Waals surface area contributed by atoms with Gasteiger partial charge in [-0.2, -0.15) is 10.1 Å². The zero-order valence-electron chi connectivity index (χ0n) is 14.9. The van der Waals surface area contributed by atoms with Crippen LogP contribution in [0.5, 0.6) is 0 Å². The number of para-hydroxylation sites is 1. The van der Waals surface area contributed by atoms with Gasteiger partial charge in [-0.05, 0) is 17.5 Å². The minimum Gasteiger partial charge on any atom is -0.352 e. The third-order valence-electron chi connectivity index (χ3n) is 4.42. The SMILES string of the molecule is CC(=O)N1CCN(c2cnnc(Nc3ccccc3C(C)C)n2)CC1. The van der Waals surface area contributed by atoms with E-state index in [4.69, 9.17) is 0 Å². The molecule has 0 saturated carbocycles. The Morgan fingerprint density at radius 3 is 2.56 bits per heavy atom. The average Bonchev–Trinajstić information content (AvgIpc) is 2.62. The lowest BCUT2D eigenvalue weighted by molar-refractivity contribution is -0.129. The van der Waals surface area contributed by atoms with Crippen LogP contribution in [0.25, 0.3) is 0 Å². The van der Waals surface area contributed by atoms with Gasteiger partial charge in [0.2, 0.25) is 11.9 Å². The van der Waals surface area contributed by atoms with Crippen molar-refractivity contribution in [3.63, 3.8) is 0 Å². The van der Waals surface area contributed by atoms with Crippen molar-refractivity contribution in [3.05, 3.63) is 36.0 Å². The lowest BCUT2D eigenvalue weighted by atomic mass is 10.0. The first-order valence-electron chi connectivity index (χ1n) is 8.60. The summed E-state index contributed by atoms with van der Waals surface area (Å²) < 4.78 is 0. The summed E-state index contributed by atoms with van der Waals surface area (Å²) in [6.45, 7) is 8.84. The molecular weight excluding hydrogens is 316 g/mol. The highest BCUT2D eigenvalue weighted by molar-refractivity contribution is 5.73. The molecule has 1 fully saturated rings. The van der Waals surface area contributed by atoms with Gasteiger partial charge in [-0.25, -0.2) is 0 Å². The molecule has 7 heteroatoms. The molecule has 0 spiro atoms. The van der Waals surface area contributed by atoms with Crippen LogP contribution in [0.2, 0.25) is 0 Å². The van der Waals surface area contributed by atoms with Gasteiger partial charge in [-0.15, -0.1) is 5.10 Å². The number of hydrogen-bond donors (Lipinski definition) is 1. The molecule has 132 valence electrons. The molecule has 1 aromatic heterocycles. The van der Waals surface area contributed by atoms with E-state index in [0.29, 0.717) is 25.0 Å². The molecule has 25 heavy (non-hydrogen) atoms. The van der Waals surface area contributed by atoms with Crippen LogP contribution in [0.3, 0.4) is 0 Å². The summed E-state index contributed by atoms with van der Waals surface area (Å²) in [5.41, 5.74) is 2.21. The fourth-order valence-corrected chi connectivity index (χ4v) is 2.99. The van der Waals surface area contributed by atoms with E-state index < -0.39 is 0 Å². The number of carbonyl (C=O) groups is 1. The first kappa shape index (κ1) is 17.1. The Labute approximate surface area is 148 Å². The maximum Gasteiger partial charge on any atom is 0.249 e. The summed E-state index contributed by atoms with van der Waals surface area (Å²) in [4.78, 5) is 20.0. The molecule has 2 aromatic rings. The predicted octanol–water partition coefficient (Wildman–Crippen LogP) is 2.41. The number of amides is 1. The van der Waals surface area contributed by atoms with Gasteiger partial charge in [0.25, 0.3) is 0 Å². The summed E-state index contributed by atoms with van der Waals surface area (Å²) in [6, 6.07) is 8.15. The van der Waals surface area contributed by atoms with Gasteiger partial charge >= 0.3 is 0 Å². The molecule has 0 atom stereocenters. The van der Waals surface area contributed by atoms with E-state index in [9.17, 15) is 4.79 Å². The summed E-state index contributed by atoms with van der Waals surface area (Å²) in [5.74, 6) is 1.79. The lowest BCUT2D eigenvalue weighted by Gasteiger charge is -2.34. The van der Waals surface area contributed by atoms with E-state index in [1.165, 1.54) is 5.56 Å². The highest BCUT2D eigenvalue weighted by atomic mass is 16.2. The molecule has 1 saturated heterocycles. The first-order chi connectivity index (χ1) is 12.0. The van der Waals surface area contributed by atoms with Crippen molar-refractivity contribution in [2.24, 2.45) is 0 Å². The number of aromatic nitrogens is 3. The Bertz CT molecular complexity index is 740. The molecule has 0 bridgehead atoms. The topological polar surface area (TPSA) is 74.2 Å². The monoisotopic (exact) mass is 340 g/mol. The molecule has 1 N–H and O–H groups in total. The molecule has 1 amide bonds. The Balaban J connectivity index is 1.74. The van der Waals surface area contributed by atoms with Crippen molar-refractivity contribution < 1.29 is 4.79 Å². The maximum atomic E-state index is 11.4. The highest BCUT2D eigenvalue weighted by Gasteiger charge is 2.20. The molecule has 1 aliphatic heterocycles. The third-order valence-corrected chi connectivity index (χ3v) is 4.42. The van der Waals surface area contributed by atoms with Crippen LogP contribution in [0.1, 0.15) is 32.3 Å². The van der Waals surface area contributed by atoms with E-state index in [1.54, 1.807) is 13.1 Å². The van der Waals surface area contributed by atoms with Crippen molar-refractivity contribution in [2.75, 3.05) is 36.4 Å². The number of benzene rings is 1. The van der Waals surface area contributed by atoms with E-state index in [-0.39, 0.29) is 5.91 Å². The molecule has 0 unspecified atom stereocenters. The van der Waals surface area contributed by atoms with Gasteiger partial charge in [0.05, 0.1) is 6.20 Å². The quantitative estimate of drug-likeness (QED) is 0.921. The van der Waals surface area contributed by atoms with Crippen molar-refractivity contribution >= 4 is 23.4 Å². The van der Waals surface area contributed by atoms with Crippen LogP contribution in [0.4, 0.5) is 17.5 Å². The van der Waals surface area contributed by atoms with Gasteiger partial charge in [0, 0.05) is 38.8 Å². The molecule has 0 aliphatic carbocycles. The molecule has 3 rings (SSSR count). The van der Waals surface area contributed by atoms with Crippen LogP contribution in [0.15, 0.2) is 30.5 Å². The largest absolute Gasteiger partial charge is 0.352 e. The summed E-state index contributed by atoms with van der Waals surface area (Å²) in [6.07, 6.45) is 1.67. The van der Waals surface area contributed by atoms with Crippen LogP contribution in [0, 0.1) is 0 Å². The minimum atomic E-state index is 0.119. The number of hydrogen-bond acceptors (Lipinski definition) is 6. The molecule has 1 aliphatic rings. The molecule has 1 aromatic carbocycles. The highest BCUT2D eigenvalue weighted by Crippen LogP contribution is 2.26. The number of anilines is 3. The Morgan fingerprint density at radius 2 is 1.88 bits per heavy atom. The molecule has 7 nitrogen and oxygen atoms in total. The average molecular weight is 340 g/mol. The van der Waals surface area contributed by atoms with Crippen molar-refractivity contribution in [3.8, 4) is 0 Å². The van der Waals surface area contributed by atoms with Crippen molar-refractivity contribution in [2.45, 2.75) is 26.7 Å². The minimum absolute atomic E-state index is 0.119. The van der Waals surface area contributed by atoms with Gasteiger partial charge in [-0.1, -0.05) is 32.0 Å². The third kappa shape index (κ3) is 4.04. The van der Waals surface area contributed by atoms with Crippen LogP contribution < -0.4 is 10.2 Å². The van der Waals surface area contributed by atoms with E-state index in [2.05, 4.69) is 45.3 Å². The van der Waals surface area contributed by atoms with Crippen LogP contribution in [-0.4, -0.2) is 52.2 Å². The lowest BCUT2D eigenvalue weighted by Crippen LogP contribution is -2.48. The Morgan fingerprint density at radius 1 is 1.16 bits per heavy atom. The van der Waals surface area contributed by atoms with Gasteiger partial charge in [0.15, 0.2) is 5.82 Å². The fraction of sp³-hybridized carbons (Fsp3) is 0.444. The number of nitrogens with zero attached hydrogens (tertiary/aromatic N) is 5. The predicted molar refractivity (Wildman–Crippen MR) is 98.1 cm³/mol. The summed E-state index contributed by atoms with van der Waals surface area (Å²) >= 11 is 0. The van der Waals surface area contributed by atoms with E-state index >= 15 is 0 Å². The first-order valence-corrected chi connectivity index (χ1v) is 8.60. The normalized spacial score (nSPS) is 14.7. The van der Waals surface area contributed by atoms with Crippen LogP contribution in [-0.2, 0) is 4.79 Å². The molecule has 0 radical (unpaired) electrons. The smallest absolute Gasteiger partial charge is 0.249 e. The standard InChI is InChI=1S/C18H24N6O/c1-13(2)15-6-4-5-7-16(15)20-18-21-17(12-19-22-18)24-10-8-23(9-11-24)14(3)25/h4-7,12-13H,8-11H2,1-3H3,(H,20,21,22). The van der Waals surface area contributed by atoms with Gasteiger partial charge < -0.3 is 15.1 Å². The number of rotatable bonds is 4. The van der Waals surface area contributed by atoms with Gasteiger partial charge in [0.1, 0.15) is 0 Å². The second-order valence-electron chi connectivity index (χ2n) is 6.50. The van der Waals surface area contributed by atoms with E-state index in [0.717, 1.165) is 24.6 Å². The summed E-state index contributed by atoms with van der Waals surface area (Å²) in [5, 5.41) is 11.5. The number of piperazine rings is 1. The molecule has 2 heterocycles. The van der Waals surface area contributed by atoms with Gasteiger partial charge in [-0.3, -0.25) is 4.79 Å². The van der Waals surface area contributed by atoms with E-state index in [1.807, 2.05) is 23.1 Å². The number of nitrogens with one attached hydrogen (secondary N) is 1. The zero-order valence-corrected chi connectivity index (χ0v) is 14.9. The van der Waals surface area contributed by atoms with Crippen molar-refractivity contribution in [1.82, 2.24) is 20.1 Å². The Kier molecular flexibility index (Phi) is 5.11.